The number of hydrogen-bond donors (Lipinski definition) is 1. The zero-order valence-corrected chi connectivity index (χ0v) is 20.2. The van der Waals surface area contributed by atoms with Crippen LogP contribution >= 0.6 is 0 Å². The lowest BCUT2D eigenvalue weighted by Crippen LogP contribution is -2.51. The van der Waals surface area contributed by atoms with Crippen molar-refractivity contribution in [2.75, 3.05) is 38.3 Å². The first-order valence-corrected chi connectivity index (χ1v) is 12.7. The minimum absolute atomic E-state index is 0.0779. The largest absolute Gasteiger partial charge is 0.381 e. The van der Waals surface area contributed by atoms with Crippen LogP contribution in [0.15, 0.2) is 48.5 Å². The molecule has 0 radical (unpaired) electrons. The quantitative estimate of drug-likeness (QED) is 0.615. The second-order valence-electron chi connectivity index (χ2n) is 9.89. The smallest absolute Gasteiger partial charge is 0.257 e. The van der Waals surface area contributed by atoms with Crippen molar-refractivity contribution in [3.05, 3.63) is 65.4 Å². The minimum atomic E-state index is -0.182. The third-order valence-electron chi connectivity index (χ3n) is 7.90. The molecular weight excluding hydrogens is 440 g/mol. The van der Waals surface area contributed by atoms with E-state index in [0.717, 1.165) is 61.5 Å². The Labute approximate surface area is 205 Å². The summed E-state index contributed by atoms with van der Waals surface area (Å²) < 4.78 is 7.72. The maximum absolute atomic E-state index is 13.5. The molecule has 4 heterocycles. The molecule has 1 N–H and O–H groups in total. The van der Waals surface area contributed by atoms with E-state index >= 15 is 0 Å². The molecule has 6 rings (SSSR count). The van der Waals surface area contributed by atoms with Crippen molar-refractivity contribution < 1.29 is 14.3 Å². The Morgan fingerprint density at radius 1 is 1.09 bits per heavy atom. The molecule has 2 amide bonds. The summed E-state index contributed by atoms with van der Waals surface area (Å²) in [5, 5.41) is 4.37. The predicted octanol–water partition coefficient (Wildman–Crippen LogP) is 3.72. The fourth-order valence-corrected chi connectivity index (χ4v) is 6.06. The van der Waals surface area contributed by atoms with Gasteiger partial charge < -0.3 is 24.4 Å². The third kappa shape index (κ3) is 3.78. The molecule has 35 heavy (non-hydrogen) atoms. The molecule has 1 unspecified atom stereocenters. The molecule has 2 aromatic carbocycles. The summed E-state index contributed by atoms with van der Waals surface area (Å²) in [6.07, 6.45) is 3.07. The zero-order valence-electron chi connectivity index (χ0n) is 20.2. The van der Waals surface area contributed by atoms with Crippen molar-refractivity contribution in [1.29, 1.82) is 0 Å². The molecule has 3 aliphatic rings. The summed E-state index contributed by atoms with van der Waals surface area (Å²) >= 11 is 0. The fourth-order valence-electron chi connectivity index (χ4n) is 6.06. The molecule has 1 atom stereocenters. The first kappa shape index (κ1) is 22.2. The number of anilines is 1. The molecule has 182 valence electrons. The Morgan fingerprint density at radius 3 is 2.71 bits per heavy atom. The molecule has 0 saturated carbocycles. The Hall–Kier alpha value is -3.32. The Balaban J connectivity index is 1.31. The van der Waals surface area contributed by atoms with Gasteiger partial charge in [-0.05, 0) is 48.9 Å². The lowest BCUT2D eigenvalue weighted by Gasteiger charge is -2.46. The molecule has 7 nitrogen and oxygen atoms in total. The molecule has 1 saturated heterocycles. The number of ether oxygens (including phenoxy) is 1. The maximum atomic E-state index is 13.5. The third-order valence-corrected chi connectivity index (χ3v) is 7.90. The second kappa shape index (κ2) is 9.04. The highest BCUT2D eigenvalue weighted by Gasteiger charge is 2.42. The van der Waals surface area contributed by atoms with Gasteiger partial charge in [0.25, 0.3) is 5.91 Å². The van der Waals surface area contributed by atoms with Gasteiger partial charge in [0.1, 0.15) is 6.17 Å². The number of benzene rings is 2. The summed E-state index contributed by atoms with van der Waals surface area (Å²) in [4.78, 5) is 30.5. The lowest BCUT2D eigenvalue weighted by atomic mass is 9.96. The van der Waals surface area contributed by atoms with Crippen molar-refractivity contribution in [2.24, 2.45) is 5.92 Å². The first-order valence-electron chi connectivity index (χ1n) is 12.7. The molecule has 0 aliphatic carbocycles. The average Bonchev–Trinajstić information content (AvgIpc) is 3.23. The number of aryl methyl sites for hydroxylation is 1. The van der Waals surface area contributed by atoms with Crippen LogP contribution < -0.4 is 10.2 Å². The highest BCUT2D eigenvalue weighted by molar-refractivity contribution is 6.02. The van der Waals surface area contributed by atoms with Gasteiger partial charge in [0.2, 0.25) is 5.91 Å². The maximum Gasteiger partial charge on any atom is 0.257 e. The number of hydrogen-bond acceptors (Lipinski definition) is 4. The first-order chi connectivity index (χ1) is 17.1. The summed E-state index contributed by atoms with van der Waals surface area (Å²) in [6, 6.07) is 16.3. The summed E-state index contributed by atoms with van der Waals surface area (Å²) in [5.74, 6) is 0.665. The lowest BCUT2D eigenvalue weighted by molar-refractivity contribution is -0.121. The number of nitrogens with one attached hydrogen (secondary N) is 1. The summed E-state index contributed by atoms with van der Waals surface area (Å²) in [7, 11) is 2.07. The van der Waals surface area contributed by atoms with E-state index in [2.05, 4.69) is 46.1 Å². The summed E-state index contributed by atoms with van der Waals surface area (Å²) in [6.45, 7) is 3.57. The van der Waals surface area contributed by atoms with Gasteiger partial charge in [-0.15, -0.1) is 0 Å². The van der Waals surface area contributed by atoms with Crippen LogP contribution in [0.25, 0.3) is 10.9 Å². The van der Waals surface area contributed by atoms with Gasteiger partial charge in [-0.1, -0.05) is 30.3 Å². The SMILES string of the molecule is CN1c2ccccc2C(=O)N2CCc3c(n(CCC(=O)NCC4CCOCC4)c4ccccc34)C21. The number of aromatic nitrogens is 1. The molecule has 1 aromatic heterocycles. The number of fused-ring (bicyclic) bond motifs is 6. The topological polar surface area (TPSA) is 66.8 Å². The Morgan fingerprint density at radius 2 is 1.86 bits per heavy atom. The van der Waals surface area contributed by atoms with Gasteiger partial charge in [0.05, 0.1) is 16.9 Å². The van der Waals surface area contributed by atoms with Crippen molar-refractivity contribution in [3.63, 3.8) is 0 Å². The van der Waals surface area contributed by atoms with Crippen molar-refractivity contribution in [2.45, 2.75) is 38.4 Å². The van der Waals surface area contributed by atoms with Crippen molar-refractivity contribution >= 4 is 28.4 Å². The van der Waals surface area contributed by atoms with E-state index in [-0.39, 0.29) is 18.0 Å². The number of carbonyl (C=O) groups is 2. The molecule has 1 fully saturated rings. The van der Waals surface area contributed by atoms with E-state index in [1.807, 2.05) is 29.2 Å². The van der Waals surface area contributed by atoms with Gasteiger partial charge in [-0.25, -0.2) is 0 Å². The van der Waals surface area contributed by atoms with Gasteiger partial charge in [-0.2, -0.15) is 0 Å². The Kier molecular flexibility index (Phi) is 5.72. The van der Waals surface area contributed by atoms with E-state index in [0.29, 0.717) is 25.4 Å². The summed E-state index contributed by atoms with van der Waals surface area (Å²) in [5.41, 5.74) is 5.28. The second-order valence-corrected chi connectivity index (χ2v) is 9.89. The standard InChI is InChI=1S/C28H32N4O3/c1-30-23-8-4-3-7-22(23)28(34)32-14-10-21-20-6-2-5-9-24(20)31(26(21)27(30)32)15-11-25(33)29-18-19-12-16-35-17-13-19/h2-9,19,27H,10-18H2,1H3,(H,29,33). The van der Waals surface area contributed by atoms with Crippen molar-refractivity contribution in [3.8, 4) is 0 Å². The van der Waals surface area contributed by atoms with Gasteiger partial charge in [-0.3, -0.25) is 9.59 Å². The number of rotatable bonds is 5. The number of para-hydroxylation sites is 2. The van der Waals surface area contributed by atoms with Gasteiger partial charge in [0.15, 0.2) is 0 Å². The van der Waals surface area contributed by atoms with Crippen LogP contribution in [0.5, 0.6) is 0 Å². The molecule has 0 bridgehead atoms. The highest BCUT2D eigenvalue weighted by Crippen LogP contribution is 2.44. The van der Waals surface area contributed by atoms with Crippen LogP contribution in [-0.2, 0) is 22.5 Å². The van der Waals surface area contributed by atoms with Crippen molar-refractivity contribution in [1.82, 2.24) is 14.8 Å². The average molecular weight is 473 g/mol. The zero-order chi connectivity index (χ0) is 23.9. The van der Waals surface area contributed by atoms with E-state index in [1.54, 1.807) is 0 Å². The van der Waals surface area contributed by atoms with Gasteiger partial charge >= 0.3 is 0 Å². The number of nitrogens with zero attached hydrogens (tertiary/aromatic N) is 3. The molecule has 7 heteroatoms. The van der Waals surface area contributed by atoms with Crippen LogP contribution in [0.2, 0.25) is 0 Å². The number of amides is 2. The number of carbonyl (C=O) groups excluding carboxylic acids is 2. The molecule has 3 aliphatic heterocycles. The molecular formula is C28H32N4O3. The monoisotopic (exact) mass is 472 g/mol. The van der Waals surface area contributed by atoms with Crippen LogP contribution in [0, 0.1) is 5.92 Å². The van der Waals surface area contributed by atoms with Crippen LogP contribution in [-0.4, -0.2) is 54.6 Å². The molecule has 3 aromatic rings. The van der Waals surface area contributed by atoms with E-state index in [1.165, 1.54) is 10.9 Å². The highest BCUT2D eigenvalue weighted by atomic mass is 16.5. The van der Waals surface area contributed by atoms with Gasteiger partial charge in [0, 0.05) is 57.2 Å². The molecule has 0 spiro atoms. The van der Waals surface area contributed by atoms with E-state index in [4.69, 9.17) is 4.74 Å². The van der Waals surface area contributed by atoms with Crippen LogP contribution in [0.3, 0.4) is 0 Å². The normalized spacial score (nSPS) is 19.9. The minimum Gasteiger partial charge on any atom is -0.381 e. The van der Waals surface area contributed by atoms with Crippen LogP contribution in [0.4, 0.5) is 5.69 Å². The van der Waals surface area contributed by atoms with Crippen LogP contribution in [0.1, 0.15) is 47.0 Å². The predicted molar refractivity (Wildman–Crippen MR) is 135 cm³/mol. The van der Waals surface area contributed by atoms with E-state index < -0.39 is 0 Å². The Bertz CT molecular complexity index is 1280. The van der Waals surface area contributed by atoms with E-state index in [9.17, 15) is 9.59 Å². The fraction of sp³-hybridized carbons (Fsp3) is 0.429.